The lowest BCUT2D eigenvalue weighted by molar-refractivity contribution is -0.140. The third-order valence-electron chi connectivity index (χ3n) is 5.00. The van der Waals surface area contributed by atoms with Gasteiger partial charge in [0.15, 0.2) is 0 Å². The van der Waals surface area contributed by atoms with E-state index in [1.165, 1.54) is 0 Å². The summed E-state index contributed by atoms with van der Waals surface area (Å²) in [6.45, 7) is 4.49. The molecule has 0 aromatic heterocycles. The molecule has 0 spiro atoms. The number of hydrogen-bond acceptors (Lipinski definition) is 4. The number of carbonyl (C=O) groups is 2. The van der Waals surface area contributed by atoms with Gasteiger partial charge in [0, 0.05) is 43.2 Å². The van der Waals surface area contributed by atoms with Crippen molar-refractivity contribution < 1.29 is 9.59 Å². The standard InChI is InChI=1S/C19H26ClN3O2S/c1-2-18(24)23-8-4-3-5-17(23)19(25)21-14-6-7-16(15(20)13-14)22-9-11-26-12-10-22/h6-7,13,17H,2-5,8-12H2,1H3,(H,21,25). The smallest absolute Gasteiger partial charge is 0.247 e. The first kappa shape index (κ1) is 19.4. The van der Waals surface area contributed by atoms with Crippen LogP contribution in [0.25, 0.3) is 0 Å². The SMILES string of the molecule is CCC(=O)N1CCCCC1C(=O)Nc1ccc(N2CCSCC2)c(Cl)c1. The predicted molar refractivity (Wildman–Crippen MR) is 109 cm³/mol. The topological polar surface area (TPSA) is 52.7 Å². The van der Waals surface area contributed by atoms with E-state index in [-0.39, 0.29) is 17.9 Å². The molecule has 1 N–H and O–H groups in total. The van der Waals surface area contributed by atoms with Gasteiger partial charge in [-0.15, -0.1) is 0 Å². The molecular formula is C19H26ClN3O2S. The third kappa shape index (κ3) is 4.46. The summed E-state index contributed by atoms with van der Waals surface area (Å²) in [4.78, 5) is 28.9. The number of piperidine rings is 1. The summed E-state index contributed by atoms with van der Waals surface area (Å²) in [6, 6.07) is 5.30. The summed E-state index contributed by atoms with van der Waals surface area (Å²) in [7, 11) is 0. The van der Waals surface area contributed by atoms with Gasteiger partial charge in [-0.1, -0.05) is 18.5 Å². The van der Waals surface area contributed by atoms with Crippen LogP contribution in [0.4, 0.5) is 11.4 Å². The normalized spacial score (nSPS) is 20.8. The lowest BCUT2D eigenvalue weighted by Gasteiger charge is -2.34. The highest BCUT2D eigenvalue weighted by Crippen LogP contribution is 2.31. The average molecular weight is 396 g/mol. The minimum atomic E-state index is -0.381. The summed E-state index contributed by atoms with van der Waals surface area (Å²) < 4.78 is 0. The Kier molecular flexibility index (Phi) is 6.70. The molecule has 5 nitrogen and oxygen atoms in total. The van der Waals surface area contributed by atoms with E-state index in [2.05, 4.69) is 10.2 Å². The molecule has 1 aromatic carbocycles. The molecule has 0 saturated carbocycles. The van der Waals surface area contributed by atoms with E-state index in [1.54, 1.807) is 4.90 Å². The number of hydrogen-bond donors (Lipinski definition) is 1. The van der Waals surface area contributed by atoms with Crippen LogP contribution in [-0.4, -0.2) is 53.9 Å². The number of likely N-dealkylation sites (tertiary alicyclic amines) is 1. The molecule has 1 aromatic rings. The van der Waals surface area contributed by atoms with Gasteiger partial charge in [-0.2, -0.15) is 11.8 Å². The number of thioether (sulfide) groups is 1. The van der Waals surface area contributed by atoms with Gasteiger partial charge in [0.1, 0.15) is 6.04 Å². The number of halogens is 1. The van der Waals surface area contributed by atoms with Crippen LogP contribution in [0.15, 0.2) is 18.2 Å². The fourth-order valence-electron chi connectivity index (χ4n) is 3.58. The maximum absolute atomic E-state index is 12.7. The molecule has 0 bridgehead atoms. The van der Waals surface area contributed by atoms with Crippen LogP contribution in [0.5, 0.6) is 0 Å². The molecule has 2 heterocycles. The number of rotatable bonds is 4. The lowest BCUT2D eigenvalue weighted by Crippen LogP contribution is -2.49. The second kappa shape index (κ2) is 9.00. The van der Waals surface area contributed by atoms with E-state index < -0.39 is 0 Å². The van der Waals surface area contributed by atoms with Gasteiger partial charge in [0.25, 0.3) is 0 Å². The van der Waals surface area contributed by atoms with Crippen molar-refractivity contribution in [3.8, 4) is 0 Å². The van der Waals surface area contributed by atoms with Gasteiger partial charge in [0.2, 0.25) is 11.8 Å². The van der Waals surface area contributed by atoms with E-state index in [0.717, 1.165) is 49.5 Å². The quantitative estimate of drug-likeness (QED) is 0.845. The average Bonchev–Trinajstić information content (AvgIpc) is 2.68. The van der Waals surface area contributed by atoms with Crippen LogP contribution in [0, 0.1) is 0 Å². The minimum absolute atomic E-state index is 0.0428. The second-order valence-electron chi connectivity index (χ2n) is 6.71. The Morgan fingerprint density at radius 3 is 2.69 bits per heavy atom. The van der Waals surface area contributed by atoms with Crippen LogP contribution in [-0.2, 0) is 9.59 Å². The van der Waals surface area contributed by atoms with Crippen molar-refractivity contribution >= 4 is 46.6 Å². The molecule has 1 unspecified atom stereocenters. The molecule has 2 aliphatic heterocycles. The van der Waals surface area contributed by atoms with Gasteiger partial charge in [-0.3, -0.25) is 9.59 Å². The van der Waals surface area contributed by atoms with Crippen molar-refractivity contribution in [1.29, 1.82) is 0 Å². The largest absolute Gasteiger partial charge is 0.369 e. The summed E-state index contributed by atoms with van der Waals surface area (Å²) >= 11 is 8.43. The molecule has 0 aliphatic carbocycles. The van der Waals surface area contributed by atoms with Crippen molar-refractivity contribution in [2.24, 2.45) is 0 Å². The Balaban J connectivity index is 1.68. The predicted octanol–water partition coefficient (Wildman–Crippen LogP) is 3.62. The molecule has 7 heteroatoms. The fourth-order valence-corrected chi connectivity index (χ4v) is 4.78. The van der Waals surface area contributed by atoms with Crippen LogP contribution < -0.4 is 10.2 Å². The van der Waals surface area contributed by atoms with E-state index in [4.69, 9.17) is 11.6 Å². The van der Waals surface area contributed by atoms with Crippen molar-refractivity contribution in [3.05, 3.63) is 23.2 Å². The summed E-state index contributed by atoms with van der Waals surface area (Å²) in [6.07, 6.45) is 3.08. The van der Waals surface area contributed by atoms with Gasteiger partial charge in [-0.05, 0) is 37.5 Å². The summed E-state index contributed by atoms with van der Waals surface area (Å²) in [5.74, 6) is 2.14. The van der Waals surface area contributed by atoms with Crippen LogP contribution in [0.2, 0.25) is 5.02 Å². The highest BCUT2D eigenvalue weighted by Gasteiger charge is 2.31. The van der Waals surface area contributed by atoms with E-state index in [9.17, 15) is 9.59 Å². The number of amides is 2. The highest BCUT2D eigenvalue weighted by molar-refractivity contribution is 7.99. The van der Waals surface area contributed by atoms with Gasteiger partial charge < -0.3 is 15.1 Å². The molecule has 2 saturated heterocycles. The molecular weight excluding hydrogens is 370 g/mol. The third-order valence-corrected chi connectivity index (χ3v) is 6.24. The number of anilines is 2. The Morgan fingerprint density at radius 2 is 2.00 bits per heavy atom. The van der Waals surface area contributed by atoms with Crippen LogP contribution in [0.1, 0.15) is 32.6 Å². The molecule has 0 radical (unpaired) electrons. The molecule has 26 heavy (non-hydrogen) atoms. The maximum Gasteiger partial charge on any atom is 0.247 e. The number of carbonyl (C=O) groups excluding carboxylic acids is 2. The lowest BCUT2D eigenvalue weighted by atomic mass is 10.0. The van der Waals surface area contributed by atoms with Gasteiger partial charge in [-0.25, -0.2) is 0 Å². The maximum atomic E-state index is 12.7. The first-order valence-electron chi connectivity index (χ1n) is 9.32. The second-order valence-corrected chi connectivity index (χ2v) is 8.34. The zero-order chi connectivity index (χ0) is 18.5. The molecule has 1 atom stereocenters. The zero-order valence-electron chi connectivity index (χ0n) is 15.2. The van der Waals surface area contributed by atoms with Crippen molar-refractivity contribution in [3.63, 3.8) is 0 Å². The molecule has 142 valence electrons. The number of benzene rings is 1. The highest BCUT2D eigenvalue weighted by atomic mass is 35.5. The zero-order valence-corrected chi connectivity index (χ0v) is 16.7. The van der Waals surface area contributed by atoms with Gasteiger partial charge in [0.05, 0.1) is 10.7 Å². The monoisotopic (exact) mass is 395 g/mol. The summed E-state index contributed by atoms with van der Waals surface area (Å²) in [5, 5.41) is 3.60. The van der Waals surface area contributed by atoms with Crippen molar-refractivity contribution in [1.82, 2.24) is 4.90 Å². The van der Waals surface area contributed by atoms with Crippen LogP contribution >= 0.6 is 23.4 Å². The van der Waals surface area contributed by atoms with Gasteiger partial charge >= 0.3 is 0 Å². The summed E-state index contributed by atoms with van der Waals surface area (Å²) in [5.41, 5.74) is 1.70. The first-order valence-corrected chi connectivity index (χ1v) is 10.9. The van der Waals surface area contributed by atoms with E-state index in [0.29, 0.717) is 23.7 Å². The Bertz CT molecular complexity index is 664. The molecule has 2 amide bonds. The molecule has 2 aliphatic rings. The Labute approximate surface area is 164 Å². The number of nitrogens with one attached hydrogen (secondary N) is 1. The Hall–Kier alpha value is -1.40. The van der Waals surface area contributed by atoms with Crippen molar-refractivity contribution in [2.75, 3.05) is 41.4 Å². The molecule has 2 fully saturated rings. The Morgan fingerprint density at radius 1 is 1.23 bits per heavy atom. The molecule has 3 rings (SSSR count). The fraction of sp³-hybridized carbons (Fsp3) is 0.579. The van der Waals surface area contributed by atoms with E-state index in [1.807, 2.05) is 36.9 Å². The van der Waals surface area contributed by atoms with Crippen LogP contribution in [0.3, 0.4) is 0 Å². The first-order chi connectivity index (χ1) is 12.6. The minimum Gasteiger partial charge on any atom is -0.369 e. The number of nitrogens with zero attached hydrogens (tertiary/aromatic N) is 2. The van der Waals surface area contributed by atoms with Crippen molar-refractivity contribution in [2.45, 2.75) is 38.6 Å². The van der Waals surface area contributed by atoms with E-state index >= 15 is 0 Å².